The summed E-state index contributed by atoms with van der Waals surface area (Å²) in [7, 11) is -4.64. The second-order valence-electron chi connectivity index (χ2n) is 4.68. The van der Waals surface area contributed by atoms with Crippen LogP contribution in [0.4, 0.5) is 5.82 Å². The van der Waals surface area contributed by atoms with Gasteiger partial charge in [-0.05, 0) is 6.07 Å². The van der Waals surface area contributed by atoms with E-state index in [1.165, 1.54) is 16.8 Å². The van der Waals surface area contributed by atoms with Gasteiger partial charge in [-0.15, -0.1) is 0 Å². The number of aliphatic hydroxyl groups excluding tert-OH is 3. The average molecular weight is 379 g/mol. The number of nitrogen functional groups attached to an aromatic ring is 1. The van der Waals surface area contributed by atoms with Crippen LogP contribution in [0.5, 0.6) is 0 Å². The van der Waals surface area contributed by atoms with Crippen LogP contribution in [0.3, 0.4) is 0 Å². The summed E-state index contributed by atoms with van der Waals surface area (Å²) < 4.78 is 15.4. The Kier molecular flexibility index (Phi) is 9.79. The first-order chi connectivity index (χ1) is 10.5. The molecule has 1 aromatic rings. The van der Waals surface area contributed by atoms with Gasteiger partial charge >= 0.3 is 43.1 Å². The number of nitrogens with zero attached hydrogens (tertiary/aromatic N) is 2. The molecule has 24 heavy (non-hydrogen) atoms. The van der Waals surface area contributed by atoms with Gasteiger partial charge in [0.05, 0.1) is 13.2 Å². The molecule has 0 aromatic carbocycles. The van der Waals surface area contributed by atoms with E-state index < -0.39 is 44.5 Å². The first-order valence-electron chi connectivity index (χ1n) is 6.26. The third-order valence-corrected chi connectivity index (χ3v) is 2.91. The molecule has 1 fully saturated rings. The van der Waals surface area contributed by atoms with Crippen molar-refractivity contribution in [2.24, 2.45) is 0 Å². The molecule has 0 radical (unpaired) electrons. The Labute approximate surface area is 158 Å². The van der Waals surface area contributed by atoms with Crippen molar-refractivity contribution in [2.75, 3.05) is 12.3 Å². The SMILES string of the molecule is Nc1ccn(C[C@@H]2O[C@H](CO)[C@@H](O)[C@H]2O)c(=O)n1.O=P(O)(O)O.[NaH]. The topological polar surface area (TPSA) is 209 Å². The van der Waals surface area contributed by atoms with E-state index in [1.807, 2.05) is 0 Å². The third-order valence-electron chi connectivity index (χ3n) is 2.91. The Bertz CT molecular complexity index is 616. The molecule has 0 saturated carbocycles. The van der Waals surface area contributed by atoms with Gasteiger partial charge in [0.15, 0.2) is 0 Å². The molecule has 1 saturated heterocycles. The molecule has 0 aliphatic carbocycles. The van der Waals surface area contributed by atoms with Crippen LogP contribution >= 0.6 is 7.82 Å². The molecule has 14 heteroatoms. The van der Waals surface area contributed by atoms with E-state index >= 15 is 0 Å². The van der Waals surface area contributed by atoms with Crippen LogP contribution in [0.15, 0.2) is 17.1 Å². The number of aliphatic hydroxyl groups is 3. The van der Waals surface area contributed by atoms with Crippen LogP contribution in [-0.2, 0) is 15.8 Å². The van der Waals surface area contributed by atoms with Crippen LogP contribution in [0.2, 0.25) is 0 Å². The molecule has 0 spiro atoms. The maximum atomic E-state index is 11.5. The first-order valence-corrected chi connectivity index (χ1v) is 7.83. The van der Waals surface area contributed by atoms with Gasteiger partial charge in [0.2, 0.25) is 0 Å². The van der Waals surface area contributed by atoms with E-state index in [0.717, 1.165) is 0 Å². The third kappa shape index (κ3) is 7.68. The fraction of sp³-hybridized carbons (Fsp3) is 0.600. The standard InChI is InChI=1S/C10H15N3O5.Na.H3O4P.H/c11-7-1-2-13(10(17)12-7)3-5-8(15)9(16)6(4-14)18-5;;1-5(2,3)4;/h1-2,5-6,8-9,14-16H,3-4H2,(H2,11,12,17);;(H3,1,2,3,4);/t5-,6+,8-,9+;;;/m0.../s1. The van der Waals surface area contributed by atoms with E-state index in [1.54, 1.807) is 0 Å². The number of ether oxygens (including phenoxy) is 1. The zero-order valence-corrected chi connectivity index (χ0v) is 12.6. The summed E-state index contributed by atoms with van der Waals surface area (Å²) in [5.41, 5.74) is 4.79. The van der Waals surface area contributed by atoms with Crippen molar-refractivity contribution in [3.8, 4) is 0 Å². The summed E-state index contributed by atoms with van der Waals surface area (Å²) in [6, 6.07) is 1.45. The summed E-state index contributed by atoms with van der Waals surface area (Å²) in [4.78, 5) is 36.6. The van der Waals surface area contributed by atoms with Crippen molar-refractivity contribution in [1.82, 2.24) is 9.55 Å². The monoisotopic (exact) mass is 379 g/mol. The van der Waals surface area contributed by atoms with E-state index in [4.69, 9.17) is 34.8 Å². The summed E-state index contributed by atoms with van der Waals surface area (Å²) in [6.45, 7) is -0.371. The Morgan fingerprint density at radius 1 is 1.25 bits per heavy atom. The van der Waals surface area contributed by atoms with E-state index in [9.17, 15) is 15.0 Å². The van der Waals surface area contributed by atoms with Gasteiger partial charge < -0.3 is 40.5 Å². The molecule has 2 heterocycles. The van der Waals surface area contributed by atoms with Gasteiger partial charge in [0.1, 0.15) is 30.2 Å². The predicted octanol–water partition coefficient (Wildman–Crippen LogP) is -4.27. The van der Waals surface area contributed by atoms with Gasteiger partial charge in [-0.3, -0.25) is 4.57 Å². The Hall–Kier alpha value is -0.370. The molecule has 134 valence electrons. The molecular formula is C10H19N3NaO9P. The quantitative estimate of drug-likeness (QED) is 0.197. The minimum absolute atomic E-state index is 0. The molecule has 1 aromatic heterocycles. The van der Waals surface area contributed by atoms with Crippen molar-refractivity contribution in [3.63, 3.8) is 0 Å². The van der Waals surface area contributed by atoms with Gasteiger partial charge in [-0.1, -0.05) is 0 Å². The Morgan fingerprint density at radius 3 is 2.17 bits per heavy atom. The van der Waals surface area contributed by atoms with Crippen molar-refractivity contribution >= 4 is 43.2 Å². The number of anilines is 1. The van der Waals surface area contributed by atoms with Gasteiger partial charge in [0, 0.05) is 6.20 Å². The molecule has 4 atom stereocenters. The van der Waals surface area contributed by atoms with Crippen LogP contribution in [0.25, 0.3) is 0 Å². The molecule has 0 unspecified atom stereocenters. The van der Waals surface area contributed by atoms with Crippen LogP contribution in [-0.4, -0.2) is 100 Å². The summed E-state index contributed by atoms with van der Waals surface area (Å²) in [6.07, 6.45) is -2.52. The second kappa shape index (κ2) is 9.94. The molecule has 0 amide bonds. The molecule has 8 N–H and O–H groups in total. The maximum absolute atomic E-state index is 11.5. The number of nitrogens with two attached hydrogens (primary N) is 1. The van der Waals surface area contributed by atoms with Crippen molar-refractivity contribution in [3.05, 3.63) is 22.7 Å². The number of hydrogen-bond donors (Lipinski definition) is 7. The van der Waals surface area contributed by atoms with Crippen molar-refractivity contribution in [1.29, 1.82) is 0 Å². The van der Waals surface area contributed by atoms with E-state index in [2.05, 4.69) is 4.98 Å². The predicted molar refractivity (Wildman–Crippen MR) is 82.1 cm³/mol. The van der Waals surface area contributed by atoms with Crippen LogP contribution < -0.4 is 11.4 Å². The average Bonchev–Trinajstić information content (AvgIpc) is 2.68. The first kappa shape index (κ1) is 23.6. The Morgan fingerprint density at radius 2 is 1.75 bits per heavy atom. The normalized spacial score (nSPS) is 26.2. The molecule has 0 bridgehead atoms. The minimum atomic E-state index is -4.64. The van der Waals surface area contributed by atoms with Crippen molar-refractivity contribution in [2.45, 2.75) is 31.0 Å². The summed E-state index contributed by atoms with van der Waals surface area (Å²) in [5, 5.41) is 28.2. The molecule has 2 rings (SSSR count). The van der Waals surface area contributed by atoms with Gasteiger partial charge in [-0.2, -0.15) is 4.98 Å². The van der Waals surface area contributed by atoms with Crippen LogP contribution in [0.1, 0.15) is 0 Å². The van der Waals surface area contributed by atoms with Gasteiger partial charge in [-0.25, -0.2) is 9.36 Å². The number of rotatable bonds is 3. The molecular weight excluding hydrogens is 360 g/mol. The van der Waals surface area contributed by atoms with E-state index in [-0.39, 0.29) is 41.9 Å². The second-order valence-corrected chi connectivity index (χ2v) is 5.70. The van der Waals surface area contributed by atoms with Crippen LogP contribution in [0, 0.1) is 0 Å². The zero-order valence-electron chi connectivity index (χ0n) is 11.7. The summed E-state index contributed by atoms with van der Waals surface area (Å²) in [5.74, 6) is 0.109. The fourth-order valence-corrected chi connectivity index (χ4v) is 1.90. The molecule has 1 aliphatic rings. The Balaban J connectivity index is 0.000000777. The number of phosphoric acid groups is 1. The molecule has 1 aliphatic heterocycles. The van der Waals surface area contributed by atoms with E-state index in [0.29, 0.717) is 0 Å². The fourth-order valence-electron chi connectivity index (χ4n) is 1.90. The molecule has 12 nitrogen and oxygen atoms in total. The number of hydrogen-bond acceptors (Lipinski definition) is 8. The van der Waals surface area contributed by atoms with Gasteiger partial charge in [0.25, 0.3) is 0 Å². The number of aromatic nitrogens is 2. The van der Waals surface area contributed by atoms with Crippen molar-refractivity contribution < 1.29 is 39.3 Å². The zero-order chi connectivity index (χ0) is 17.8. The summed E-state index contributed by atoms with van der Waals surface area (Å²) >= 11 is 0.